The lowest BCUT2D eigenvalue weighted by molar-refractivity contribution is 0.0649. The highest BCUT2D eigenvalue weighted by molar-refractivity contribution is 7.55. The average Bonchev–Trinajstić information content (AvgIpc) is 2.43. The van der Waals surface area contributed by atoms with Crippen LogP contribution in [-0.2, 0) is 13.6 Å². The van der Waals surface area contributed by atoms with Crippen LogP contribution < -0.4 is 0 Å². The molecule has 0 aromatic heterocycles. The van der Waals surface area contributed by atoms with E-state index >= 15 is 0 Å². The van der Waals surface area contributed by atoms with E-state index in [1.165, 1.54) is 14.2 Å². The summed E-state index contributed by atoms with van der Waals surface area (Å²) in [5.41, 5.74) is 0. The minimum absolute atomic E-state index is 0.506. The van der Waals surface area contributed by atoms with Crippen molar-refractivity contribution in [3.63, 3.8) is 0 Å². The second kappa shape index (κ2) is 4.75. The highest BCUT2D eigenvalue weighted by Crippen LogP contribution is 2.62. The van der Waals surface area contributed by atoms with Crippen LogP contribution in [-0.4, -0.2) is 24.7 Å². The molecule has 0 unspecified atom stereocenters. The van der Waals surface area contributed by atoms with Gasteiger partial charge in [-0.05, 0) is 25.7 Å². The van der Waals surface area contributed by atoms with Crippen molar-refractivity contribution in [3.8, 4) is 0 Å². The van der Waals surface area contributed by atoms with Crippen molar-refractivity contribution in [1.29, 1.82) is 0 Å². The van der Waals surface area contributed by atoms with E-state index in [2.05, 4.69) is 0 Å². The smallest absolute Gasteiger partial charge is 0.361 e. The van der Waals surface area contributed by atoms with Crippen molar-refractivity contribution >= 4 is 7.60 Å². The highest BCUT2D eigenvalue weighted by atomic mass is 31.2. The van der Waals surface area contributed by atoms with Crippen LogP contribution >= 0.6 is 7.60 Å². The van der Waals surface area contributed by atoms with Crippen molar-refractivity contribution in [2.24, 2.45) is 0 Å². The molecule has 0 saturated heterocycles. The predicted octanol–water partition coefficient (Wildman–Crippen LogP) is 2.52. The molecule has 5 heteroatoms. The van der Waals surface area contributed by atoms with E-state index in [1.54, 1.807) is 0 Å². The van der Waals surface area contributed by atoms with Gasteiger partial charge < -0.3 is 14.2 Å². The van der Waals surface area contributed by atoms with E-state index < -0.39 is 12.9 Å². The molecule has 0 aromatic rings. The first-order valence-electron chi connectivity index (χ1n) is 5.02. The number of hydrogen-bond donors (Lipinski definition) is 1. The number of aliphatic hydroxyl groups is 1. The summed E-state index contributed by atoms with van der Waals surface area (Å²) in [6.07, 6.45) is 4.93. The van der Waals surface area contributed by atoms with Gasteiger partial charge in [0.2, 0.25) is 0 Å². The Morgan fingerprint density at radius 2 is 1.50 bits per heavy atom. The molecule has 0 bridgehead atoms. The molecular weight excluding hydrogens is 203 g/mol. The van der Waals surface area contributed by atoms with E-state index in [-0.39, 0.29) is 0 Å². The summed E-state index contributed by atoms with van der Waals surface area (Å²) in [5, 5.41) is 8.99. The third-order valence-electron chi connectivity index (χ3n) is 2.89. The van der Waals surface area contributed by atoms with Gasteiger partial charge in [0.15, 0.2) is 5.34 Å². The largest absolute Gasteiger partial charge is 0.377 e. The maximum atomic E-state index is 12.1. The fourth-order valence-electron chi connectivity index (χ4n) is 1.98. The molecule has 1 saturated carbocycles. The molecule has 0 atom stereocenters. The highest BCUT2D eigenvalue weighted by Gasteiger charge is 2.48. The lowest BCUT2D eigenvalue weighted by Crippen LogP contribution is -2.29. The first-order chi connectivity index (χ1) is 6.58. The molecule has 0 aromatic carbocycles. The summed E-state index contributed by atoms with van der Waals surface area (Å²) >= 11 is 0. The Morgan fingerprint density at radius 1 is 1.07 bits per heavy atom. The summed E-state index contributed by atoms with van der Waals surface area (Å²) in [7, 11) is -0.688. The van der Waals surface area contributed by atoms with E-state index in [1.807, 2.05) is 0 Å². The predicted molar refractivity (Wildman–Crippen MR) is 54.3 cm³/mol. The van der Waals surface area contributed by atoms with Gasteiger partial charge in [-0.25, -0.2) is 0 Å². The zero-order chi connectivity index (χ0) is 10.7. The molecule has 0 aliphatic heterocycles. The van der Waals surface area contributed by atoms with Crippen LogP contribution in [0.15, 0.2) is 0 Å². The molecule has 1 aliphatic rings. The Bertz CT molecular complexity index is 213. The van der Waals surface area contributed by atoms with Gasteiger partial charge in [0.05, 0.1) is 0 Å². The SMILES string of the molecule is COP(=O)(OC)C1(O)CCCCCC1. The van der Waals surface area contributed by atoms with Crippen LogP contribution in [0.1, 0.15) is 38.5 Å². The van der Waals surface area contributed by atoms with Gasteiger partial charge in [0.25, 0.3) is 0 Å². The lowest BCUT2D eigenvalue weighted by atomic mass is 10.1. The van der Waals surface area contributed by atoms with E-state index in [0.717, 1.165) is 25.7 Å². The zero-order valence-corrected chi connectivity index (χ0v) is 9.76. The summed E-state index contributed by atoms with van der Waals surface area (Å²) in [4.78, 5) is 0. The standard InChI is InChI=1S/C9H19O4P/c1-12-14(11,13-2)9(10)7-5-3-4-6-8-9/h10H,3-8H2,1-2H3. The second-order valence-electron chi connectivity index (χ2n) is 3.76. The van der Waals surface area contributed by atoms with E-state index in [9.17, 15) is 9.67 Å². The molecule has 84 valence electrons. The fraction of sp³-hybridized carbons (Fsp3) is 1.00. The minimum atomic E-state index is -3.34. The van der Waals surface area contributed by atoms with Gasteiger partial charge in [0.1, 0.15) is 0 Å². The quantitative estimate of drug-likeness (QED) is 0.588. The van der Waals surface area contributed by atoms with Gasteiger partial charge in [0, 0.05) is 14.2 Å². The molecule has 0 spiro atoms. The van der Waals surface area contributed by atoms with Crippen LogP contribution in [0, 0.1) is 0 Å². The zero-order valence-electron chi connectivity index (χ0n) is 8.86. The Kier molecular flexibility index (Phi) is 4.14. The molecule has 4 nitrogen and oxygen atoms in total. The molecule has 0 amide bonds. The van der Waals surface area contributed by atoms with Gasteiger partial charge in [-0.2, -0.15) is 0 Å². The molecule has 0 heterocycles. The van der Waals surface area contributed by atoms with Crippen LogP contribution in [0.3, 0.4) is 0 Å². The molecule has 1 aliphatic carbocycles. The number of rotatable bonds is 3. The molecule has 0 radical (unpaired) electrons. The van der Waals surface area contributed by atoms with Gasteiger partial charge in [-0.15, -0.1) is 0 Å². The van der Waals surface area contributed by atoms with Gasteiger partial charge >= 0.3 is 7.60 Å². The van der Waals surface area contributed by atoms with E-state index in [0.29, 0.717) is 12.8 Å². The van der Waals surface area contributed by atoms with Crippen molar-refractivity contribution in [1.82, 2.24) is 0 Å². The normalized spacial score (nSPS) is 23.1. The van der Waals surface area contributed by atoms with Crippen molar-refractivity contribution in [3.05, 3.63) is 0 Å². The first-order valence-corrected chi connectivity index (χ1v) is 6.56. The van der Waals surface area contributed by atoms with Crippen LogP contribution in [0.5, 0.6) is 0 Å². The average molecular weight is 222 g/mol. The van der Waals surface area contributed by atoms with Gasteiger partial charge in [-0.1, -0.05) is 12.8 Å². The molecule has 1 rings (SSSR count). The molecular formula is C9H19O4P. The van der Waals surface area contributed by atoms with Crippen LogP contribution in [0.2, 0.25) is 0 Å². The summed E-state index contributed by atoms with van der Waals surface area (Å²) in [6, 6.07) is 0. The third-order valence-corrected chi connectivity index (χ3v) is 5.32. The number of hydrogen-bond acceptors (Lipinski definition) is 4. The first kappa shape index (κ1) is 12.2. The Morgan fingerprint density at radius 3 is 1.86 bits per heavy atom. The molecule has 14 heavy (non-hydrogen) atoms. The van der Waals surface area contributed by atoms with Gasteiger partial charge in [-0.3, -0.25) is 4.57 Å². The lowest BCUT2D eigenvalue weighted by Gasteiger charge is -2.32. The van der Waals surface area contributed by atoms with Crippen LogP contribution in [0.25, 0.3) is 0 Å². The Balaban J connectivity index is 2.84. The van der Waals surface area contributed by atoms with Crippen molar-refractivity contribution in [2.45, 2.75) is 43.9 Å². The second-order valence-corrected chi connectivity index (χ2v) is 6.32. The van der Waals surface area contributed by atoms with Crippen molar-refractivity contribution in [2.75, 3.05) is 14.2 Å². The van der Waals surface area contributed by atoms with Crippen LogP contribution in [0.4, 0.5) is 0 Å². The maximum Gasteiger partial charge on any atom is 0.361 e. The maximum absolute atomic E-state index is 12.1. The summed E-state index contributed by atoms with van der Waals surface area (Å²) < 4.78 is 21.8. The van der Waals surface area contributed by atoms with E-state index in [4.69, 9.17) is 9.05 Å². The third kappa shape index (κ3) is 2.19. The molecule has 1 fully saturated rings. The molecule has 1 N–H and O–H groups in total. The van der Waals surface area contributed by atoms with Crippen molar-refractivity contribution < 1.29 is 18.7 Å². The fourth-order valence-corrected chi connectivity index (χ4v) is 3.68. The Hall–Kier alpha value is 0.110. The monoisotopic (exact) mass is 222 g/mol. The summed E-state index contributed by atoms with van der Waals surface area (Å²) in [5.74, 6) is 0. The minimum Gasteiger partial charge on any atom is -0.377 e. The Labute approximate surface area is 85.1 Å². The topological polar surface area (TPSA) is 55.8 Å². The summed E-state index contributed by atoms with van der Waals surface area (Å²) in [6.45, 7) is 0.